The molecule has 1 rings (SSSR count). The van der Waals surface area contributed by atoms with Gasteiger partial charge < -0.3 is 4.74 Å². The van der Waals surface area contributed by atoms with Crippen LogP contribution in [0.1, 0.15) is 35.9 Å². The van der Waals surface area contributed by atoms with Crippen molar-refractivity contribution >= 4 is 17.6 Å². The summed E-state index contributed by atoms with van der Waals surface area (Å²) in [5, 5.41) is 7.22. The van der Waals surface area contributed by atoms with Crippen molar-refractivity contribution in [2.24, 2.45) is 0 Å². The molecular weight excluding hydrogens is 287 g/mol. The SMILES string of the molecule is CCOC(=O)c1nnn(CCCC(F)(F)F)c1CCl. The van der Waals surface area contributed by atoms with Crippen LogP contribution in [0.5, 0.6) is 0 Å². The first-order valence-electron chi connectivity index (χ1n) is 5.61. The topological polar surface area (TPSA) is 57.0 Å². The smallest absolute Gasteiger partial charge is 0.389 e. The molecule has 0 aromatic carbocycles. The lowest BCUT2D eigenvalue weighted by atomic mass is 10.3. The van der Waals surface area contributed by atoms with E-state index in [4.69, 9.17) is 16.3 Å². The summed E-state index contributed by atoms with van der Waals surface area (Å²) < 4.78 is 42.0. The van der Waals surface area contributed by atoms with Gasteiger partial charge in [-0.2, -0.15) is 13.2 Å². The molecule has 0 unspecified atom stereocenters. The van der Waals surface area contributed by atoms with Crippen molar-refractivity contribution in [1.29, 1.82) is 0 Å². The lowest BCUT2D eigenvalue weighted by Gasteiger charge is -2.07. The zero-order chi connectivity index (χ0) is 14.5. The van der Waals surface area contributed by atoms with E-state index in [1.807, 2.05) is 0 Å². The van der Waals surface area contributed by atoms with E-state index >= 15 is 0 Å². The third-order valence-corrected chi connectivity index (χ3v) is 2.52. The standard InChI is InChI=1S/C10H13ClF3N3O2/c1-2-19-9(18)8-7(6-11)17(16-15-8)5-3-4-10(12,13)14/h2-6H2,1H3. The van der Waals surface area contributed by atoms with Gasteiger partial charge in [0, 0.05) is 13.0 Å². The van der Waals surface area contributed by atoms with Crippen LogP contribution < -0.4 is 0 Å². The summed E-state index contributed by atoms with van der Waals surface area (Å²) in [5.41, 5.74) is 0.214. The van der Waals surface area contributed by atoms with Crippen LogP contribution in [-0.4, -0.2) is 33.7 Å². The van der Waals surface area contributed by atoms with Crippen LogP contribution >= 0.6 is 11.6 Å². The summed E-state index contributed by atoms with van der Waals surface area (Å²) in [6, 6.07) is 0. The van der Waals surface area contributed by atoms with Gasteiger partial charge in [0.05, 0.1) is 18.2 Å². The van der Waals surface area contributed by atoms with Crippen molar-refractivity contribution in [3.63, 3.8) is 0 Å². The molecule has 1 aromatic heterocycles. The average Bonchev–Trinajstić information content (AvgIpc) is 2.70. The Morgan fingerprint density at radius 1 is 1.47 bits per heavy atom. The number of aromatic nitrogens is 3. The molecule has 19 heavy (non-hydrogen) atoms. The molecule has 108 valence electrons. The highest BCUT2D eigenvalue weighted by atomic mass is 35.5. The molecule has 0 aliphatic rings. The molecule has 0 aliphatic carbocycles. The maximum Gasteiger partial charge on any atom is 0.389 e. The first-order valence-corrected chi connectivity index (χ1v) is 6.14. The van der Waals surface area contributed by atoms with Gasteiger partial charge in [-0.05, 0) is 13.3 Å². The van der Waals surface area contributed by atoms with Gasteiger partial charge in [0.25, 0.3) is 0 Å². The number of halogens is 4. The predicted octanol–water partition coefficient (Wildman–Crippen LogP) is 2.54. The van der Waals surface area contributed by atoms with Crippen molar-refractivity contribution in [2.45, 2.75) is 38.4 Å². The Morgan fingerprint density at radius 3 is 2.68 bits per heavy atom. The molecular formula is C10H13ClF3N3O2. The Balaban J connectivity index is 2.72. The quantitative estimate of drug-likeness (QED) is 0.598. The van der Waals surface area contributed by atoms with E-state index in [0.29, 0.717) is 0 Å². The van der Waals surface area contributed by atoms with Crippen molar-refractivity contribution in [1.82, 2.24) is 15.0 Å². The first kappa shape index (κ1) is 15.7. The second-order valence-corrected chi connectivity index (χ2v) is 3.95. The molecule has 0 N–H and O–H groups in total. The second kappa shape index (κ2) is 6.74. The molecule has 0 radical (unpaired) electrons. The van der Waals surface area contributed by atoms with Gasteiger partial charge in [-0.1, -0.05) is 5.21 Å². The number of hydrogen-bond donors (Lipinski definition) is 0. The predicted molar refractivity (Wildman–Crippen MR) is 60.8 cm³/mol. The fraction of sp³-hybridized carbons (Fsp3) is 0.700. The molecule has 1 aromatic rings. The molecule has 5 nitrogen and oxygen atoms in total. The van der Waals surface area contributed by atoms with Crippen LogP contribution in [0.4, 0.5) is 13.2 Å². The number of carbonyl (C=O) groups excluding carboxylic acids is 1. The Kier molecular flexibility index (Phi) is 5.59. The van der Waals surface area contributed by atoms with Gasteiger partial charge in [-0.25, -0.2) is 9.48 Å². The van der Waals surface area contributed by atoms with Crippen LogP contribution in [-0.2, 0) is 17.2 Å². The van der Waals surface area contributed by atoms with Gasteiger partial charge >= 0.3 is 12.1 Å². The molecule has 0 saturated carbocycles. The summed E-state index contributed by atoms with van der Waals surface area (Å²) >= 11 is 5.66. The van der Waals surface area contributed by atoms with E-state index < -0.39 is 18.6 Å². The molecule has 0 fully saturated rings. The summed E-state index contributed by atoms with van der Waals surface area (Å²) in [5.74, 6) is -0.757. The summed E-state index contributed by atoms with van der Waals surface area (Å²) in [4.78, 5) is 11.5. The zero-order valence-electron chi connectivity index (χ0n) is 10.2. The van der Waals surface area contributed by atoms with Crippen LogP contribution in [0.3, 0.4) is 0 Å². The van der Waals surface area contributed by atoms with E-state index in [-0.39, 0.29) is 36.8 Å². The van der Waals surface area contributed by atoms with Crippen LogP contribution in [0.25, 0.3) is 0 Å². The maximum atomic E-state index is 12.0. The fourth-order valence-electron chi connectivity index (χ4n) is 1.43. The number of rotatable bonds is 6. The normalized spacial score (nSPS) is 11.6. The highest BCUT2D eigenvalue weighted by molar-refractivity contribution is 6.17. The molecule has 0 spiro atoms. The average molecular weight is 300 g/mol. The monoisotopic (exact) mass is 299 g/mol. The maximum absolute atomic E-state index is 12.0. The minimum atomic E-state index is -4.22. The molecule has 1 heterocycles. The Bertz CT molecular complexity index is 434. The van der Waals surface area contributed by atoms with Gasteiger partial charge in [0.1, 0.15) is 0 Å². The lowest BCUT2D eigenvalue weighted by Crippen LogP contribution is -2.12. The van der Waals surface area contributed by atoms with Crippen LogP contribution in [0.2, 0.25) is 0 Å². The number of carbonyl (C=O) groups is 1. The van der Waals surface area contributed by atoms with Crippen molar-refractivity contribution in [2.75, 3.05) is 6.61 Å². The van der Waals surface area contributed by atoms with Crippen molar-refractivity contribution in [3.05, 3.63) is 11.4 Å². The van der Waals surface area contributed by atoms with Gasteiger partial charge in [0.15, 0.2) is 5.69 Å². The van der Waals surface area contributed by atoms with Crippen molar-refractivity contribution in [3.8, 4) is 0 Å². The van der Waals surface area contributed by atoms with E-state index in [0.717, 1.165) is 0 Å². The Labute approximate surface area is 112 Å². The zero-order valence-corrected chi connectivity index (χ0v) is 11.0. The van der Waals surface area contributed by atoms with E-state index in [1.54, 1.807) is 6.92 Å². The molecule has 0 saturated heterocycles. The molecule has 0 amide bonds. The van der Waals surface area contributed by atoms with Crippen molar-refractivity contribution < 1.29 is 22.7 Å². The molecule has 0 aliphatic heterocycles. The summed E-state index contributed by atoms with van der Waals surface area (Å²) in [6.45, 7) is 1.79. The first-order chi connectivity index (χ1) is 8.89. The number of aryl methyl sites for hydroxylation is 1. The van der Waals surface area contributed by atoms with Crippen LogP contribution in [0.15, 0.2) is 0 Å². The molecule has 9 heteroatoms. The van der Waals surface area contributed by atoms with E-state index in [1.165, 1.54) is 4.68 Å². The largest absolute Gasteiger partial charge is 0.461 e. The lowest BCUT2D eigenvalue weighted by molar-refractivity contribution is -0.136. The molecule has 0 bridgehead atoms. The molecule has 0 atom stereocenters. The number of esters is 1. The van der Waals surface area contributed by atoms with E-state index in [9.17, 15) is 18.0 Å². The van der Waals surface area contributed by atoms with Gasteiger partial charge in [-0.3, -0.25) is 0 Å². The minimum Gasteiger partial charge on any atom is -0.461 e. The highest BCUT2D eigenvalue weighted by Crippen LogP contribution is 2.22. The number of nitrogens with zero attached hydrogens (tertiary/aromatic N) is 3. The highest BCUT2D eigenvalue weighted by Gasteiger charge is 2.27. The fourth-order valence-corrected chi connectivity index (χ4v) is 1.70. The summed E-state index contributed by atoms with van der Waals surface area (Å²) in [7, 11) is 0. The van der Waals surface area contributed by atoms with Crippen LogP contribution in [0, 0.1) is 0 Å². The Hall–Kier alpha value is -1.31. The third-order valence-electron chi connectivity index (χ3n) is 2.26. The number of ether oxygens (including phenoxy) is 1. The minimum absolute atomic E-state index is 0.00598. The van der Waals surface area contributed by atoms with Gasteiger partial charge in [0.2, 0.25) is 0 Å². The third kappa shape index (κ3) is 4.70. The Morgan fingerprint density at radius 2 is 2.16 bits per heavy atom. The summed E-state index contributed by atoms with van der Waals surface area (Å²) in [6.07, 6.45) is -5.30. The second-order valence-electron chi connectivity index (χ2n) is 3.68. The number of alkyl halides is 4. The number of hydrogen-bond acceptors (Lipinski definition) is 4. The van der Waals surface area contributed by atoms with Gasteiger partial charge in [-0.15, -0.1) is 16.7 Å². The van der Waals surface area contributed by atoms with E-state index in [2.05, 4.69) is 10.3 Å².